The number of carbonyl (C=O) groups is 2. The summed E-state index contributed by atoms with van der Waals surface area (Å²) in [5.74, 6) is -0.818. The first kappa shape index (κ1) is 22.6. The van der Waals surface area contributed by atoms with Crippen molar-refractivity contribution in [2.45, 2.75) is 33.1 Å². The number of nitrogens with two attached hydrogens (primary N) is 2. The van der Waals surface area contributed by atoms with Gasteiger partial charge in [-0.05, 0) is 87.0 Å². The van der Waals surface area contributed by atoms with Gasteiger partial charge in [-0.25, -0.2) is 0 Å². The molecule has 4 aromatic rings. The minimum absolute atomic E-state index is 0.408. The molecule has 2 amide bonds. The summed E-state index contributed by atoms with van der Waals surface area (Å²) in [5.41, 5.74) is 23.7. The highest BCUT2D eigenvalue weighted by atomic mass is 16.1. The lowest BCUT2D eigenvalue weighted by molar-refractivity contribution is 0.0991. The first-order valence-electron chi connectivity index (χ1n) is 12.0. The fourth-order valence-corrected chi connectivity index (χ4v) is 5.36. The lowest BCUT2D eigenvalue weighted by atomic mass is 9.85. The lowest BCUT2D eigenvalue weighted by Crippen LogP contribution is -2.13. The number of benzene rings is 4. The highest BCUT2D eigenvalue weighted by Crippen LogP contribution is 2.46. The Morgan fingerprint density at radius 1 is 0.686 bits per heavy atom. The van der Waals surface area contributed by atoms with E-state index < -0.39 is 11.8 Å². The molecule has 0 aromatic heterocycles. The number of rotatable bonds is 6. The SMILES string of the molecule is CCc1cc(-c2ccc3c(c2-c2ccc(C(N)=O)c(CC)c2)Cc2ccccc2-3)ccc1C(N)=O. The van der Waals surface area contributed by atoms with Gasteiger partial charge >= 0.3 is 0 Å². The average molecular weight is 461 g/mol. The van der Waals surface area contributed by atoms with E-state index in [2.05, 4.69) is 48.5 Å². The topological polar surface area (TPSA) is 86.2 Å². The highest BCUT2D eigenvalue weighted by molar-refractivity contribution is 5.99. The molecule has 1 aliphatic carbocycles. The number of amides is 2. The van der Waals surface area contributed by atoms with Crippen LogP contribution in [0.15, 0.2) is 72.8 Å². The zero-order chi connectivity index (χ0) is 24.7. The molecule has 4 N–H and O–H groups in total. The summed E-state index contributed by atoms with van der Waals surface area (Å²) >= 11 is 0. The summed E-state index contributed by atoms with van der Waals surface area (Å²) in [6.45, 7) is 4.07. The second kappa shape index (κ2) is 8.88. The van der Waals surface area contributed by atoms with E-state index in [-0.39, 0.29) is 0 Å². The Kier molecular flexibility index (Phi) is 5.73. The van der Waals surface area contributed by atoms with E-state index in [0.29, 0.717) is 24.0 Å². The van der Waals surface area contributed by atoms with Gasteiger partial charge in [0.05, 0.1) is 0 Å². The van der Waals surface area contributed by atoms with Crippen molar-refractivity contribution in [3.8, 4) is 33.4 Å². The molecule has 0 spiro atoms. The molecular formula is C31H28N2O2. The number of fused-ring (bicyclic) bond motifs is 3. The summed E-state index contributed by atoms with van der Waals surface area (Å²) in [7, 11) is 0. The largest absolute Gasteiger partial charge is 0.366 e. The Morgan fingerprint density at radius 3 is 1.89 bits per heavy atom. The smallest absolute Gasteiger partial charge is 0.248 e. The second-order valence-corrected chi connectivity index (χ2v) is 9.03. The number of hydrogen-bond donors (Lipinski definition) is 2. The fraction of sp³-hybridized carbons (Fsp3) is 0.161. The minimum atomic E-state index is -0.410. The molecular weight excluding hydrogens is 432 g/mol. The van der Waals surface area contributed by atoms with Crippen LogP contribution in [0.2, 0.25) is 0 Å². The Labute approximate surface area is 205 Å². The number of aryl methyl sites for hydroxylation is 2. The van der Waals surface area contributed by atoms with E-state index >= 15 is 0 Å². The van der Waals surface area contributed by atoms with Gasteiger partial charge in [0.25, 0.3) is 0 Å². The third-order valence-corrected chi connectivity index (χ3v) is 7.09. The van der Waals surface area contributed by atoms with Crippen molar-refractivity contribution in [2.24, 2.45) is 11.5 Å². The molecule has 174 valence electrons. The Hall–Kier alpha value is -4.18. The van der Waals surface area contributed by atoms with Crippen LogP contribution in [0, 0.1) is 0 Å². The van der Waals surface area contributed by atoms with Crippen molar-refractivity contribution in [3.05, 3.63) is 106 Å². The van der Waals surface area contributed by atoms with E-state index in [0.717, 1.165) is 39.8 Å². The first-order valence-corrected chi connectivity index (χ1v) is 12.0. The van der Waals surface area contributed by atoms with E-state index in [4.69, 9.17) is 11.5 Å². The molecule has 0 atom stereocenters. The standard InChI is InChI=1S/C31H28N2O2/c1-3-18-15-21(9-11-25(18)30(32)34)24-13-14-27-23-8-6-5-7-20(23)17-28(27)29(24)22-10-12-26(31(33)35)19(4-2)16-22/h5-16H,3-4,17H2,1-2H3,(H2,32,34)(H2,33,35). The number of primary amides is 2. The van der Waals surface area contributed by atoms with Gasteiger partial charge < -0.3 is 11.5 Å². The summed E-state index contributed by atoms with van der Waals surface area (Å²) in [5, 5.41) is 0. The maximum Gasteiger partial charge on any atom is 0.248 e. The van der Waals surface area contributed by atoms with Gasteiger partial charge in [-0.3, -0.25) is 9.59 Å². The molecule has 0 radical (unpaired) electrons. The van der Waals surface area contributed by atoms with E-state index in [9.17, 15) is 9.59 Å². The normalized spacial score (nSPS) is 11.7. The Bertz CT molecular complexity index is 1500. The zero-order valence-corrected chi connectivity index (χ0v) is 20.0. The van der Waals surface area contributed by atoms with Crippen LogP contribution < -0.4 is 11.5 Å². The predicted molar refractivity (Wildman–Crippen MR) is 141 cm³/mol. The van der Waals surface area contributed by atoms with E-state index in [1.807, 2.05) is 38.1 Å². The molecule has 0 bridgehead atoms. The van der Waals surface area contributed by atoms with Crippen LogP contribution in [0.3, 0.4) is 0 Å². The summed E-state index contributed by atoms with van der Waals surface area (Å²) in [6.07, 6.45) is 2.27. The second-order valence-electron chi connectivity index (χ2n) is 9.03. The van der Waals surface area contributed by atoms with Gasteiger partial charge in [0.2, 0.25) is 11.8 Å². The third kappa shape index (κ3) is 3.81. The monoisotopic (exact) mass is 460 g/mol. The Morgan fingerprint density at radius 2 is 1.26 bits per heavy atom. The van der Waals surface area contributed by atoms with Crippen molar-refractivity contribution in [3.63, 3.8) is 0 Å². The molecule has 35 heavy (non-hydrogen) atoms. The maximum absolute atomic E-state index is 12.0. The van der Waals surface area contributed by atoms with Crippen LogP contribution in [0.1, 0.15) is 56.8 Å². The molecule has 0 aliphatic heterocycles. The minimum Gasteiger partial charge on any atom is -0.366 e. The van der Waals surface area contributed by atoms with Crippen LogP contribution in [0.5, 0.6) is 0 Å². The molecule has 0 saturated carbocycles. The zero-order valence-electron chi connectivity index (χ0n) is 20.0. The van der Waals surface area contributed by atoms with Gasteiger partial charge in [0.15, 0.2) is 0 Å². The van der Waals surface area contributed by atoms with Gasteiger partial charge in [-0.2, -0.15) is 0 Å². The molecule has 4 heteroatoms. The molecule has 0 saturated heterocycles. The molecule has 0 unspecified atom stereocenters. The molecule has 4 aromatic carbocycles. The van der Waals surface area contributed by atoms with Crippen LogP contribution in [-0.4, -0.2) is 11.8 Å². The van der Waals surface area contributed by atoms with Crippen molar-refractivity contribution in [2.75, 3.05) is 0 Å². The molecule has 0 heterocycles. The van der Waals surface area contributed by atoms with Crippen molar-refractivity contribution >= 4 is 11.8 Å². The van der Waals surface area contributed by atoms with Gasteiger partial charge in [-0.15, -0.1) is 0 Å². The number of hydrogen-bond acceptors (Lipinski definition) is 2. The first-order chi connectivity index (χ1) is 16.9. The molecule has 1 aliphatic rings. The van der Waals surface area contributed by atoms with E-state index in [1.54, 1.807) is 0 Å². The van der Waals surface area contributed by atoms with Crippen LogP contribution >= 0.6 is 0 Å². The third-order valence-electron chi connectivity index (χ3n) is 7.09. The molecule has 0 fully saturated rings. The predicted octanol–water partition coefficient (Wildman–Crippen LogP) is 5.91. The summed E-state index contributed by atoms with van der Waals surface area (Å²) in [4.78, 5) is 23.9. The summed E-state index contributed by atoms with van der Waals surface area (Å²) in [6, 6.07) is 24.7. The number of carbonyl (C=O) groups excluding carboxylic acids is 2. The van der Waals surface area contributed by atoms with Crippen LogP contribution in [0.25, 0.3) is 33.4 Å². The van der Waals surface area contributed by atoms with Crippen LogP contribution in [-0.2, 0) is 19.3 Å². The fourth-order valence-electron chi connectivity index (χ4n) is 5.36. The van der Waals surface area contributed by atoms with Gasteiger partial charge in [-0.1, -0.05) is 74.5 Å². The van der Waals surface area contributed by atoms with Crippen LogP contribution in [0.4, 0.5) is 0 Å². The van der Waals surface area contributed by atoms with Crippen molar-refractivity contribution in [1.29, 1.82) is 0 Å². The molecule has 4 nitrogen and oxygen atoms in total. The lowest BCUT2D eigenvalue weighted by Gasteiger charge is -2.18. The quantitative estimate of drug-likeness (QED) is 0.330. The highest BCUT2D eigenvalue weighted by Gasteiger charge is 2.25. The maximum atomic E-state index is 12.0. The molecule has 5 rings (SSSR count). The van der Waals surface area contributed by atoms with Crippen molar-refractivity contribution < 1.29 is 9.59 Å². The average Bonchev–Trinajstić information content (AvgIpc) is 3.25. The van der Waals surface area contributed by atoms with Crippen molar-refractivity contribution in [1.82, 2.24) is 0 Å². The van der Waals surface area contributed by atoms with E-state index in [1.165, 1.54) is 22.3 Å². The van der Waals surface area contributed by atoms with Gasteiger partial charge in [0, 0.05) is 11.1 Å². The summed E-state index contributed by atoms with van der Waals surface area (Å²) < 4.78 is 0. The van der Waals surface area contributed by atoms with Gasteiger partial charge in [0.1, 0.15) is 0 Å². The Balaban J connectivity index is 1.78.